The Morgan fingerprint density at radius 1 is 0.397 bits per heavy atom. The van der Waals surface area contributed by atoms with Crippen molar-refractivity contribution in [2.45, 2.75) is 6.18 Å². The van der Waals surface area contributed by atoms with Crippen LogP contribution >= 0.6 is 22.7 Å². The number of halogens is 5. The lowest BCUT2D eigenvalue weighted by Gasteiger charge is -2.23. The molecule has 0 aliphatic carbocycles. The van der Waals surface area contributed by atoms with Crippen LogP contribution in [0.5, 0.6) is 0 Å². The molecule has 0 aliphatic heterocycles. The number of rotatable bonds is 3. The zero-order chi connectivity index (χ0) is 39.0. The lowest BCUT2D eigenvalue weighted by molar-refractivity contribution is -0.137. The molecule has 0 radical (unpaired) electrons. The number of alkyl halides is 3. The normalized spacial score (nSPS) is 12.6. The van der Waals surface area contributed by atoms with Crippen molar-refractivity contribution in [1.29, 1.82) is 0 Å². The summed E-state index contributed by atoms with van der Waals surface area (Å²) in [7, 11) is 0. The Bertz CT molecular complexity index is 3480. The maximum Gasteiger partial charge on any atom is 0.420 e. The molecule has 0 N–H and O–H groups in total. The summed E-state index contributed by atoms with van der Waals surface area (Å²) in [6, 6.07) is 45.0. The van der Waals surface area contributed by atoms with Crippen LogP contribution in [0, 0.1) is 11.6 Å². The Morgan fingerprint density at radius 2 is 0.793 bits per heavy atom. The second-order valence-corrected chi connectivity index (χ2v) is 16.7. The average molecular weight is 801 g/mol. The lowest BCUT2D eigenvalue weighted by Crippen LogP contribution is -2.16. The first-order chi connectivity index (χ1) is 28.2. The van der Waals surface area contributed by atoms with Gasteiger partial charge in [0, 0.05) is 58.6 Å². The Kier molecular flexibility index (Phi) is 6.94. The first-order valence-corrected chi connectivity index (χ1v) is 20.3. The van der Waals surface area contributed by atoms with Gasteiger partial charge in [-0.2, -0.15) is 13.2 Å². The van der Waals surface area contributed by atoms with E-state index in [-0.39, 0.29) is 22.5 Å². The smallest absolute Gasteiger partial charge is 0.307 e. The molecule has 58 heavy (non-hydrogen) atoms. The molecule has 8 aromatic carbocycles. The maximum absolute atomic E-state index is 16.6. The van der Waals surface area contributed by atoms with Gasteiger partial charge in [0.2, 0.25) is 0 Å². The van der Waals surface area contributed by atoms with Crippen molar-refractivity contribution >= 4 is 107 Å². The molecule has 4 heterocycles. The molecule has 12 rings (SSSR count). The number of thiophene rings is 2. The molecule has 278 valence electrons. The summed E-state index contributed by atoms with van der Waals surface area (Å²) < 4.78 is 87.1. The van der Waals surface area contributed by atoms with Crippen molar-refractivity contribution in [2.24, 2.45) is 0 Å². The van der Waals surface area contributed by atoms with Crippen molar-refractivity contribution < 1.29 is 22.0 Å². The lowest BCUT2D eigenvalue weighted by atomic mass is 9.98. The molecule has 0 fully saturated rings. The van der Waals surface area contributed by atoms with Gasteiger partial charge in [0.25, 0.3) is 0 Å². The minimum atomic E-state index is -4.89. The Hall–Kier alpha value is -6.55. The van der Waals surface area contributed by atoms with Gasteiger partial charge < -0.3 is 9.13 Å². The summed E-state index contributed by atoms with van der Waals surface area (Å²) in [5, 5.41) is 7.08. The summed E-state index contributed by atoms with van der Waals surface area (Å²) in [6.45, 7) is 0. The van der Waals surface area contributed by atoms with Crippen molar-refractivity contribution in [1.82, 2.24) is 9.13 Å². The van der Waals surface area contributed by atoms with Crippen LogP contribution in [0.3, 0.4) is 0 Å². The molecular formula is C49H25F5N2S2. The number of hydrogen-bond acceptors (Lipinski definition) is 2. The highest BCUT2D eigenvalue weighted by molar-refractivity contribution is 7.27. The molecule has 0 unspecified atom stereocenters. The van der Waals surface area contributed by atoms with Crippen LogP contribution in [0.15, 0.2) is 152 Å². The highest BCUT2D eigenvalue weighted by Gasteiger charge is 2.40. The standard InChI is InChI=1S/C49H25F5N2S2/c50-28-21-26(22-29(51)25-28)27-23-40(55-38-13-5-1-9-30(38)34-17-19-36-32-11-3-7-15-42(32)57-47(36)45(34)55)44(49(52,53)54)41(24-27)56-39-14-6-2-10-31(39)35-18-20-37-33-12-4-8-16-43(33)58-48(37)46(35)56/h1-25H. The fourth-order valence-electron chi connectivity index (χ4n) is 9.10. The summed E-state index contributed by atoms with van der Waals surface area (Å²) in [4.78, 5) is 0. The fourth-order valence-corrected chi connectivity index (χ4v) is 11.6. The van der Waals surface area contributed by atoms with Crippen LogP contribution in [0.25, 0.3) is 106 Å². The quantitative estimate of drug-likeness (QED) is 0.158. The van der Waals surface area contributed by atoms with Crippen LogP contribution in [0.2, 0.25) is 0 Å². The second kappa shape index (κ2) is 12.0. The number of nitrogens with zero attached hydrogens (tertiary/aromatic N) is 2. The molecule has 2 nitrogen and oxygen atoms in total. The van der Waals surface area contributed by atoms with Gasteiger partial charge in [0.1, 0.15) is 17.2 Å². The summed E-state index contributed by atoms with van der Waals surface area (Å²) in [6.07, 6.45) is -4.89. The van der Waals surface area contributed by atoms with Gasteiger partial charge in [0.15, 0.2) is 0 Å². The van der Waals surface area contributed by atoms with Crippen LogP contribution < -0.4 is 0 Å². The largest absolute Gasteiger partial charge is 0.420 e. The average Bonchev–Trinajstić information content (AvgIpc) is 3.97. The van der Waals surface area contributed by atoms with Crippen LogP contribution in [0.1, 0.15) is 5.56 Å². The number of benzene rings is 8. The Morgan fingerprint density at radius 3 is 1.26 bits per heavy atom. The van der Waals surface area contributed by atoms with E-state index in [2.05, 4.69) is 0 Å². The van der Waals surface area contributed by atoms with Gasteiger partial charge in [-0.25, -0.2) is 8.78 Å². The van der Waals surface area contributed by atoms with Gasteiger partial charge in [-0.3, -0.25) is 0 Å². The summed E-state index contributed by atoms with van der Waals surface area (Å²) in [5.41, 5.74) is 1.63. The van der Waals surface area contributed by atoms with E-state index < -0.39 is 23.4 Å². The first kappa shape index (κ1) is 33.6. The van der Waals surface area contributed by atoms with Crippen molar-refractivity contribution in [3.8, 4) is 22.5 Å². The first-order valence-electron chi connectivity index (χ1n) is 18.6. The number of hydrogen-bond donors (Lipinski definition) is 0. The molecule has 4 aromatic heterocycles. The minimum Gasteiger partial charge on any atom is -0.307 e. The van der Waals surface area contributed by atoms with E-state index in [0.717, 1.165) is 68.0 Å². The molecule has 0 bridgehead atoms. The molecule has 0 atom stereocenters. The van der Waals surface area contributed by atoms with Crippen molar-refractivity contribution in [3.05, 3.63) is 169 Å². The number of aromatic nitrogens is 2. The Labute approximate surface area is 333 Å². The van der Waals surface area contributed by atoms with Gasteiger partial charge in [-0.15, -0.1) is 22.7 Å². The van der Waals surface area contributed by atoms with E-state index >= 15 is 22.0 Å². The monoisotopic (exact) mass is 800 g/mol. The van der Waals surface area contributed by atoms with E-state index in [9.17, 15) is 0 Å². The highest BCUT2D eigenvalue weighted by Crippen LogP contribution is 2.50. The molecule has 0 spiro atoms. The number of fused-ring (bicyclic) bond motifs is 14. The summed E-state index contributed by atoms with van der Waals surface area (Å²) in [5.74, 6) is -1.66. The third-order valence-corrected chi connectivity index (χ3v) is 13.8. The van der Waals surface area contributed by atoms with E-state index in [1.807, 2.05) is 121 Å². The van der Waals surface area contributed by atoms with Crippen LogP contribution in [-0.4, -0.2) is 9.13 Å². The van der Waals surface area contributed by atoms with Crippen molar-refractivity contribution in [2.75, 3.05) is 0 Å². The van der Waals surface area contributed by atoms with E-state index in [0.29, 0.717) is 22.1 Å². The number of para-hydroxylation sites is 2. The maximum atomic E-state index is 16.6. The molecule has 0 saturated heterocycles. The van der Waals surface area contributed by atoms with E-state index in [1.165, 1.54) is 46.9 Å². The molecule has 0 amide bonds. The van der Waals surface area contributed by atoms with Crippen molar-refractivity contribution in [3.63, 3.8) is 0 Å². The SMILES string of the molecule is Fc1cc(F)cc(-c2cc(-n3c4ccccc4c4ccc5c6ccccc6sc5c43)c(C(F)(F)F)c(-n3c4ccccc4c4ccc5c6ccccc6sc5c43)c2)c1. The molecule has 0 saturated carbocycles. The highest BCUT2D eigenvalue weighted by atomic mass is 32.1. The predicted octanol–water partition coefficient (Wildman–Crippen LogP) is 15.6. The third-order valence-electron chi connectivity index (χ3n) is 11.4. The molecule has 9 heteroatoms. The molecule has 12 aromatic rings. The minimum absolute atomic E-state index is 0.120. The predicted molar refractivity (Wildman–Crippen MR) is 231 cm³/mol. The molecule has 0 aliphatic rings. The van der Waals surface area contributed by atoms with Gasteiger partial charge in [0.05, 0.1) is 42.8 Å². The van der Waals surface area contributed by atoms with E-state index in [4.69, 9.17) is 0 Å². The third kappa shape index (κ3) is 4.68. The van der Waals surface area contributed by atoms with Crippen LogP contribution in [-0.2, 0) is 6.18 Å². The van der Waals surface area contributed by atoms with Gasteiger partial charge >= 0.3 is 6.18 Å². The van der Waals surface area contributed by atoms with E-state index in [1.54, 1.807) is 9.13 Å². The zero-order valence-electron chi connectivity index (χ0n) is 30.0. The summed E-state index contributed by atoms with van der Waals surface area (Å²) >= 11 is 3.07. The van der Waals surface area contributed by atoms with Gasteiger partial charge in [-0.05, 0) is 59.7 Å². The fraction of sp³-hybridized carbons (Fsp3) is 0.0204. The second-order valence-electron chi connectivity index (χ2n) is 14.6. The van der Waals surface area contributed by atoms with Gasteiger partial charge in [-0.1, -0.05) is 97.1 Å². The van der Waals surface area contributed by atoms with Crippen LogP contribution in [0.4, 0.5) is 22.0 Å². The zero-order valence-corrected chi connectivity index (χ0v) is 31.7. The molecular weight excluding hydrogens is 776 g/mol. The Balaban J connectivity index is 1.33. The topological polar surface area (TPSA) is 9.86 Å².